The molecule has 20 heavy (non-hydrogen) atoms. The number of nitrogens with zero attached hydrogens (tertiary/aromatic N) is 1. The van der Waals surface area contributed by atoms with E-state index < -0.39 is 16.8 Å². The van der Waals surface area contributed by atoms with Crippen LogP contribution in [0.5, 0.6) is 0 Å². The number of nitro groups is 1. The summed E-state index contributed by atoms with van der Waals surface area (Å²) in [5.74, 6) is -0.474. The molecule has 2 aromatic rings. The van der Waals surface area contributed by atoms with Crippen molar-refractivity contribution in [2.75, 3.05) is 10.6 Å². The molecule has 0 unspecified atom stereocenters. The minimum atomic E-state index is -0.615. The van der Waals surface area contributed by atoms with Gasteiger partial charge in [0.25, 0.3) is 5.69 Å². The highest BCUT2D eigenvalue weighted by Gasteiger charge is 2.08. The Labute approximate surface area is 113 Å². The second kappa shape index (κ2) is 5.79. The van der Waals surface area contributed by atoms with E-state index in [9.17, 15) is 19.3 Å². The second-order valence-corrected chi connectivity index (χ2v) is 3.90. The predicted molar refractivity (Wildman–Crippen MR) is 72.1 cm³/mol. The molecule has 0 aromatic heterocycles. The molecular formula is C13H10FN3O3. The number of hydrogen-bond acceptors (Lipinski definition) is 3. The first-order valence-electron chi connectivity index (χ1n) is 5.62. The molecule has 0 aliphatic carbocycles. The van der Waals surface area contributed by atoms with Crippen LogP contribution < -0.4 is 10.6 Å². The van der Waals surface area contributed by atoms with E-state index in [1.54, 1.807) is 0 Å². The van der Waals surface area contributed by atoms with Crippen LogP contribution in [0.1, 0.15) is 0 Å². The zero-order valence-corrected chi connectivity index (χ0v) is 10.2. The summed E-state index contributed by atoms with van der Waals surface area (Å²) < 4.78 is 12.9. The van der Waals surface area contributed by atoms with Gasteiger partial charge in [-0.1, -0.05) is 12.1 Å². The lowest BCUT2D eigenvalue weighted by Gasteiger charge is -2.07. The van der Waals surface area contributed by atoms with Crippen LogP contribution in [0.4, 0.5) is 26.2 Å². The van der Waals surface area contributed by atoms with Gasteiger partial charge in [0.1, 0.15) is 5.82 Å². The second-order valence-electron chi connectivity index (χ2n) is 3.90. The molecule has 2 N–H and O–H groups in total. The Morgan fingerprint density at radius 1 is 1.05 bits per heavy atom. The topological polar surface area (TPSA) is 84.3 Å². The van der Waals surface area contributed by atoms with Crippen LogP contribution in [0.3, 0.4) is 0 Å². The molecule has 102 valence electrons. The average molecular weight is 275 g/mol. The number of nitrogens with one attached hydrogen (secondary N) is 2. The van der Waals surface area contributed by atoms with E-state index in [1.807, 2.05) is 0 Å². The van der Waals surface area contributed by atoms with Crippen LogP contribution in [0.25, 0.3) is 0 Å². The first-order valence-corrected chi connectivity index (χ1v) is 5.62. The number of rotatable bonds is 3. The standard InChI is InChI=1S/C13H10FN3O3/c14-9-3-1-4-10(7-9)15-13(18)16-11-5-2-6-12(8-11)17(19)20/h1-8H,(H2,15,16,18). The maximum absolute atomic E-state index is 12.9. The minimum Gasteiger partial charge on any atom is -0.308 e. The first-order chi connectivity index (χ1) is 9.54. The molecule has 0 radical (unpaired) electrons. The summed E-state index contributed by atoms with van der Waals surface area (Å²) in [5.41, 5.74) is 0.426. The lowest BCUT2D eigenvalue weighted by atomic mass is 10.3. The van der Waals surface area contributed by atoms with Gasteiger partial charge in [-0.15, -0.1) is 0 Å². The van der Waals surface area contributed by atoms with Gasteiger partial charge in [0, 0.05) is 23.5 Å². The number of benzene rings is 2. The molecule has 0 saturated heterocycles. The van der Waals surface area contributed by atoms with Gasteiger partial charge in [0.2, 0.25) is 0 Å². The van der Waals surface area contributed by atoms with Crippen molar-refractivity contribution < 1.29 is 14.1 Å². The Bertz CT molecular complexity index is 661. The van der Waals surface area contributed by atoms with Crippen molar-refractivity contribution in [2.45, 2.75) is 0 Å². The molecule has 0 saturated carbocycles. The molecule has 0 heterocycles. The van der Waals surface area contributed by atoms with E-state index in [1.165, 1.54) is 42.5 Å². The number of urea groups is 1. The van der Waals surface area contributed by atoms with Crippen molar-refractivity contribution in [1.29, 1.82) is 0 Å². The van der Waals surface area contributed by atoms with Crippen molar-refractivity contribution in [2.24, 2.45) is 0 Å². The zero-order valence-electron chi connectivity index (χ0n) is 10.2. The van der Waals surface area contributed by atoms with Crippen LogP contribution in [0.15, 0.2) is 48.5 Å². The molecule has 0 aliphatic rings. The number of carbonyl (C=O) groups is 1. The molecule has 0 bridgehead atoms. The van der Waals surface area contributed by atoms with Gasteiger partial charge < -0.3 is 10.6 Å². The van der Waals surface area contributed by atoms with Crippen LogP contribution >= 0.6 is 0 Å². The SMILES string of the molecule is O=C(Nc1cccc(F)c1)Nc1cccc([N+](=O)[O-])c1. The maximum Gasteiger partial charge on any atom is 0.323 e. The number of halogens is 1. The first kappa shape index (κ1) is 13.5. The summed E-state index contributed by atoms with van der Waals surface area (Å²) in [5, 5.41) is 15.5. The third-order valence-electron chi connectivity index (χ3n) is 2.40. The number of amides is 2. The maximum atomic E-state index is 12.9. The third-order valence-corrected chi connectivity index (χ3v) is 2.40. The lowest BCUT2D eigenvalue weighted by Crippen LogP contribution is -2.19. The molecular weight excluding hydrogens is 265 g/mol. The van der Waals surface area contributed by atoms with Gasteiger partial charge in [0.15, 0.2) is 0 Å². The largest absolute Gasteiger partial charge is 0.323 e. The summed E-state index contributed by atoms with van der Waals surface area (Å²) in [6.45, 7) is 0. The summed E-state index contributed by atoms with van der Waals surface area (Å²) in [7, 11) is 0. The fraction of sp³-hybridized carbons (Fsp3) is 0. The molecule has 6 nitrogen and oxygen atoms in total. The van der Waals surface area contributed by atoms with Gasteiger partial charge in [-0.05, 0) is 24.3 Å². The number of carbonyl (C=O) groups excluding carboxylic acids is 1. The van der Waals surface area contributed by atoms with E-state index in [-0.39, 0.29) is 17.1 Å². The van der Waals surface area contributed by atoms with E-state index >= 15 is 0 Å². The fourth-order valence-electron chi connectivity index (χ4n) is 1.56. The van der Waals surface area contributed by atoms with Crippen molar-refractivity contribution in [1.82, 2.24) is 0 Å². The zero-order chi connectivity index (χ0) is 14.5. The van der Waals surface area contributed by atoms with Crippen LogP contribution in [0.2, 0.25) is 0 Å². The number of non-ortho nitro benzene ring substituents is 1. The van der Waals surface area contributed by atoms with Crippen LogP contribution in [-0.2, 0) is 0 Å². The van der Waals surface area contributed by atoms with Crippen molar-refractivity contribution in [3.05, 3.63) is 64.5 Å². The summed E-state index contributed by atoms with van der Waals surface area (Å²) in [4.78, 5) is 21.7. The van der Waals surface area contributed by atoms with Gasteiger partial charge in [0.05, 0.1) is 4.92 Å². The Morgan fingerprint density at radius 3 is 2.25 bits per heavy atom. The summed E-state index contributed by atoms with van der Waals surface area (Å²) in [6, 6.07) is 10.3. The van der Waals surface area contributed by atoms with E-state index in [2.05, 4.69) is 10.6 Å². The van der Waals surface area contributed by atoms with Gasteiger partial charge in [-0.3, -0.25) is 10.1 Å². The Hall–Kier alpha value is -2.96. The van der Waals surface area contributed by atoms with Gasteiger partial charge in [-0.25, -0.2) is 9.18 Å². The minimum absolute atomic E-state index is 0.131. The predicted octanol–water partition coefficient (Wildman–Crippen LogP) is 3.38. The average Bonchev–Trinajstić information content (AvgIpc) is 2.38. The molecule has 0 aliphatic heterocycles. The quantitative estimate of drug-likeness (QED) is 0.665. The molecule has 2 amide bonds. The van der Waals surface area contributed by atoms with Gasteiger partial charge >= 0.3 is 6.03 Å². The van der Waals surface area contributed by atoms with Crippen molar-refractivity contribution in [3.8, 4) is 0 Å². The molecule has 0 spiro atoms. The summed E-state index contributed by atoms with van der Waals surface area (Å²) in [6.07, 6.45) is 0. The summed E-state index contributed by atoms with van der Waals surface area (Å²) >= 11 is 0. The molecule has 0 atom stereocenters. The van der Waals surface area contributed by atoms with Gasteiger partial charge in [-0.2, -0.15) is 0 Å². The van der Waals surface area contributed by atoms with Crippen molar-refractivity contribution in [3.63, 3.8) is 0 Å². The third kappa shape index (κ3) is 3.52. The van der Waals surface area contributed by atoms with Crippen LogP contribution in [0, 0.1) is 15.9 Å². The number of hydrogen-bond donors (Lipinski definition) is 2. The Kier molecular flexibility index (Phi) is 3.90. The lowest BCUT2D eigenvalue weighted by molar-refractivity contribution is -0.384. The molecule has 2 rings (SSSR count). The van der Waals surface area contributed by atoms with Crippen molar-refractivity contribution >= 4 is 23.1 Å². The number of anilines is 2. The highest BCUT2D eigenvalue weighted by molar-refractivity contribution is 5.99. The molecule has 7 heteroatoms. The monoisotopic (exact) mass is 275 g/mol. The number of nitro benzene ring substituents is 1. The normalized spacial score (nSPS) is 9.85. The Balaban J connectivity index is 2.04. The van der Waals surface area contributed by atoms with E-state index in [4.69, 9.17) is 0 Å². The Morgan fingerprint density at radius 2 is 1.65 bits per heavy atom. The van der Waals surface area contributed by atoms with E-state index in [0.717, 1.165) is 6.07 Å². The van der Waals surface area contributed by atoms with E-state index in [0.29, 0.717) is 0 Å². The molecule has 2 aromatic carbocycles. The smallest absolute Gasteiger partial charge is 0.308 e. The fourth-order valence-corrected chi connectivity index (χ4v) is 1.56. The highest BCUT2D eigenvalue weighted by Crippen LogP contribution is 2.17. The molecule has 0 fully saturated rings. The highest BCUT2D eigenvalue weighted by atomic mass is 19.1. The van der Waals surface area contributed by atoms with Crippen LogP contribution in [-0.4, -0.2) is 11.0 Å².